The molecule has 3 aromatic rings. The molecule has 0 spiro atoms. The molecular weight excluding hydrogens is 758 g/mol. The lowest BCUT2D eigenvalue weighted by atomic mass is 10.0. The summed E-state index contributed by atoms with van der Waals surface area (Å²) in [7, 11) is 1.24. The quantitative estimate of drug-likeness (QED) is 0.0783. The predicted molar refractivity (Wildman–Crippen MR) is 194 cm³/mol. The van der Waals surface area contributed by atoms with Gasteiger partial charge in [-0.2, -0.15) is 0 Å². The Labute approximate surface area is 315 Å². The number of carboxylic acids is 1. The Morgan fingerprint density at radius 3 is 2.67 bits per heavy atom. The first-order valence-electron chi connectivity index (χ1n) is 16.4. The van der Waals surface area contributed by atoms with E-state index in [1.54, 1.807) is 6.07 Å². The number of amides is 2. The molecule has 0 aliphatic carbocycles. The number of thioether (sulfide) groups is 1. The second kappa shape index (κ2) is 14.6. The molecule has 2 amide bonds. The van der Waals surface area contributed by atoms with Crippen LogP contribution in [0.2, 0.25) is 9.36 Å². The maximum absolute atomic E-state index is 15.5. The number of halogens is 3. The van der Waals surface area contributed by atoms with E-state index in [1.165, 1.54) is 29.8 Å². The zero-order valence-corrected chi connectivity index (χ0v) is 30.9. The largest absolute Gasteiger partial charge is 0.477 e. The number of carboxylic acid groups (broad SMARTS) is 1. The number of nitrogens with two attached hydrogens (primary N) is 1. The van der Waals surface area contributed by atoms with Crippen molar-refractivity contribution < 1.29 is 33.4 Å². The number of fused-ring (bicyclic) bond motifs is 2. The van der Waals surface area contributed by atoms with Crippen LogP contribution in [0.4, 0.5) is 15.3 Å². The van der Waals surface area contributed by atoms with Gasteiger partial charge in [-0.1, -0.05) is 39.7 Å². The fraction of sp³-hybridized carbons (Fsp3) is 0.406. The topological polar surface area (TPSA) is 186 Å². The lowest BCUT2D eigenvalue weighted by Gasteiger charge is -2.49. The second-order valence-corrected chi connectivity index (χ2v) is 15.7. The van der Waals surface area contributed by atoms with Crippen molar-refractivity contribution in [1.29, 1.82) is 5.41 Å². The minimum atomic E-state index is -1.26. The number of likely N-dealkylation sites (tertiary alicyclic amines) is 1. The number of benzene rings is 1. The number of nitrogen functional groups attached to an aromatic ring is 1. The Morgan fingerprint density at radius 1 is 1.23 bits per heavy atom. The van der Waals surface area contributed by atoms with Gasteiger partial charge in [0.05, 0.1) is 12.6 Å². The van der Waals surface area contributed by atoms with Crippen LogP contribution in [0.15, 0.2) is 40.8 Å². The van der Waals surface area contributed by atoms with Crippen molar-refractivity contribution in [3.05, 3.63) is 67.7 Å². The van der Waals surface area contributed by atoms with Gasteiger partial charge in [0, 0.05) is 53.7 Å². The average Bonchev–Trinajstić information content (AvgIpc) is 3.82. The first kappa shape index (κ1) is 36.0. The standard InChI is InChI=1S/C32H33Cl2FN10O5S2/c1-50-40-23(22-26(34)52-32(37)39-22)28(46)38-24-29(47)45-25(31(48)49)17(15-51-30(24)45)13-43-8-5-21-42(9-10-44(21)43)14-18-19(33)11-16(12-20(18)35)27(36)41-6-3-2-4-7-41/h5,8,11-12,24,30,36H,2-4,6-7,9-10,13-15H2,1H3,(H3-,37,38,39,46,48,49)/p+1/b36-27?,40-23-/t24-,30-/m1/s1. The van der Waals surface area contributed by atoms with Gasteiger partial charge in [-0.05, 0) is 31.4 Å². The Balaban J connectivity index is 1.05. The molecule has 2 saturated heterocycles. The van der Waals surface area contributed by atoms with Crippen molar-refractivity contribution in [3.8, 4) is 0 Å². The Morgan fingerprint density at radius 2 is 2.00 bits per heavy atom. The van der Waals surface area contributed by atoms with E-state index in [0.717, 1.165) is 49.5 Å². The lowest BCUT2D eigenvalue weighted by molar-refractivity contribution is -0.766. The third kappa shape index (κ3) is 6.56. The maximum atomic E-state index is 15.5. The average molecular weight is 793 g/mol. The highest BCUT2D eigenvalue weighted by Crippen LogP contribution is 2.41. The molecule has 5 N–H and O–H groups in total. The minimum Gasteiger partial charge on any atom is -0.477 e. The van der Waals surface area contributed by atoms with Crippen molar-refractivity contribution in [3.63, 3.8) is 0 Å². The molecule has 2 aromatic heterocycles. The summed E-state index contributed by atoms with van der Waals surface area (Å²) >= 11 is 15.1. The van der Waals surface area contributed by atoms with Crippen LogP contribution >= 0.6 is 46.3 Å². The second-order valence-electron chi connectivity index (χ2n) is 12.5. The van der Waals surface area contributed by atoms with Crippen LogP contribution in [0.5, 0.6) is 0 Å². The third-order valence-corrected chi connectivity index (χ3v) is 12.2. The fourth-order valence-corrected chi connectivity index (χ4v) is 9.46. The predicted octanol–water partition coefficient (Wildman–Crippen LogP) is 2.88. The first-order chi connectivity index (χ1) is 25.0. The molecule has 0 unspecified atom stereocenters. The number of carbonyl (C=O) groups excluding carboxylic acids is 2. The summed E-state index contributed by atoms with van der Waals surface area (Å²) < 4.78 is 19.5. The molecule has 6 heterocycles. The van der Waals surface area contributed by atoms with Crippen molar-refractivity contribution >= 4 is 86.6 Å². The van der Waals surface area contributed by atoms with E-state index < -0.39 is 35.0 Å². The number of aliphatic carboxylic acids is 1. The molecule has 52 heavy (non-hydrogen) atoms. The molecule has 20 heteroatoms. The molecule has 4 aliphatic heterocycles. The highest BCUT2D eigenvalue weighted by atomic mass is 35.5. The van der Waals surface area contributed by atoms with Gasteiger partial charge in [-0.25, -0.2) is 14.2 Å². The van der Waals surface area contributed by atoms with E-state index in [4.69, 9.17) is 39.2 Å². The Hall–Kier alpha value is -4.39. The number of piperidine rings is 1. The lowest BCUT2D eigenvalue weighted by Crippen LogP contribution is -2.71. The van der Waals surface area contributed by atoms with Gasteiger partial charge in [-0.3, -0.25) is 19.9 Å². The van der Waals surface area contributed by atoms with Crippen LogP contribution in [-0.4, -0.2) is 97.8 Å². The van der Waals surface area contributed by atoms with Crippen LogP contribution in [0.3, 0.4) is 0 Å². The van der Waals surface area contributed by atoms with Crippen LogP contribution < -0.4 is 20.6 Å². The van der Waals surface area contributed by atoms with Gasteiger partial charge in [0.15, 0.2) is 29.4 Å². The van der Waals surface area contributed by atoms with Gasteiger partial charge in [0.1, 0.15) is 45.9 Å². The molecule has 2 fully saturated rings. The number of aromatic nitrogens is 3. The van der Waals surface area contributed by atoms with Crippen molar-refractivity contribution in [1.82, 2.24) is 24.8 Å². The number of anilines is 2. The van der Waals surface area contributed by atoms with E-state index in [0.29, 0.717) is 29.8 Å². The monoisotopic (exact) mass is 791 g/mol. The zero-order valence-electron chi connectivity index (χ0n) is 27.8. The van der Waals surface area contributed by atoms with E-state index in [9.17, 15) is 19.5 Å². The highest BCUT2D eigenvalue weighted by Gasteiger charge is 2.55. The molecule has 2 atom stereocenters. The van der Waals surface area contributed by atoms with Crippen molar-refractivity contribution in [2.45, 2.75) is 50.3 Å². The molecule has 274 valence electrons. The molecule has 0 radical (unpaired) electrons. The van der Waals surface area contributed by atoms with Crippen LogP contribution in [-0.2, 0) is 38.9 Å². The molecule has 0 saturated carbocycles. The Bertz CT molecular complexity index is 2020. The van der Waals surface area contributed by atoms with Gasteiger partial charge in [0.2, 0.25) is 0 Å². The van der Waals surface area contributed by atoms with Crippen molar-refractivity contribution in [2.75, 3.05) is 43.1 Å². The van der Waals surface area contributed by atoms with Gasteiger partial charge >= 0.3 is 5.97 Å². The van der Waals surface area contributed by atoms with Crippen LogP contribution in [0.25, 0.3) is 0 Å². The summed E-state index contributed by atoms with van der Waals surface area (Å²) in [6, 6.07) is 3.89. The van der Waals surface area contributed by atoms with E-state index in [2.05, 4.69) is 15.5 Å². The van der Waals surface area contributed by atoms with Gasteiger partial charge in [0.25, 0.3) is 11.8 Å². The first-order valence-corrected chi connectivity index (χ1v) is 19.0. The summed E-state index contributed by atoms with van der Waals surface area (Å²) in [5.74, 6) is -1.74. The molecule has 4 aliphatic rings. The van der Waals surface area contributed by atoms with Crippen LogP contribution in [0.1, 0.15) is 36.1 Å². The van der Waals surface area contributed by atoms with Crippen molar-refractivity contribution in [2.24, 2.45) is 5.16 Å². The van der Waals surface area contributed by atoms with E-state index >= 15 is 4.39 Å². The number of nitrogens with one attached hydrogen (secondary N) is 2. The number of hydrogen-bond donors (Lipinski definition) is 4. The molecule has 1 aromatic carbocycles. The number of nitrogens with zero attached hydrogens (tertiary/aromatic N) is 7. The minimum absolute atomic E-state index is 0.00271. The summed E-state index contributed by atoms with van der Waals surface area (Å²) in [6.45, 7) is 3.07. The molecule has 0 bridgehead atoms. The number of hydrogen-bond acceptors (Lipinski definition) is 11. The van der Waals surface area contributed by atoms with Crippen LogP contribution in [0, 0.1) is 11.2 Å². The normalized spacial score (nSPS) is 20.1. The van der Waals surface area contributed by atoms with E-state index in [1.807, 2.05) is 31.4 Å². The number of oxime groups is 1. The molecular formula is C32H34Cl2FN10O5S2+. The summed E-state index contributed by atoms with van der Waals surface area (Å²) in [6.07, 6.45) is 4.96. The summed E-state index contributed by atoms with van der Waals surface area (Å²) in [5, 5.41) is 24.9. The number of β-lactam (4-membered cyclic amide) rings is 1. The molecule has 15 nitrogen and oxygen atoms in total. The SMILES string of the molecule is CO/N=C(\C(=O)N[C@@H]1C(=O)N2C(C(=O)O)=C(C[n+]3ccc4n3CCN4Cc3c(F)cc(C(=N)N4CCCCC4)cc3Cl)CS[C@H]12)c1nc(N)sc1Cl. The van der Waals surface area contributed by atoms with Gasteiger partial charge in [-0.15, -0.1) is 21.1 Å². The smallest absolute Gasteiger partial charge is 0.352 e. The maximum Gasteiger partial charge on any atom is 0.352 e. The highest BCUT2D eigenvalue weighted by molar-refractivity contribution is 8.00. The number of amidine groups is 1. The van der Waals surface area contributed by atoms with E-state index in [-0.39, 0.29) is 56.3 Å². The number of carbonyl (C=O) groups is 3. The summed E-state index contributed by atoms with van der Waals surface area (Å²) in [5.41, 5.74) is 6.62. The number of thiazole rings is 1. The van der Waals surface area contributed by atoms with Gasteiger partial charge < -0.3 is 30.8 Å². The third-order valence-electron chi connectivity index (χ3n) is 9.43. The number of rotatable bonds is 10. The Kier molecular flexibility index (Phi) is 10.1. The zero-order chi connectivity index (χ0) is 36.8. The fourth-order valence-electron chi connectivity index (χ4n) is 6.93. The molecule has 7 rings (SSSR count). The summed E-state index contributed by atoms with van der Waals surface area (Å²) in [4.78, 5) is 53.1.